The summed E-state index contributed by atoms with van der Waals surface area (Å²) < 4.78 is 57.5. The first-order chi connectivity index (χ1) is 13.4. The molecule has 1 aliphatic rings. The SMILES string of the molecule is Nc1ncnc2c1ccn2[C@H]1CO[C@@H](COP(=O)(O)OP(=O)(O)OP(=O)(O)O)O1. The van der Waals surface area contributed by atoms with Gasteiger partial charge in [-0.05, 0) is 6.07 Å². The van der Waals surface area contributed by atoms with Crippen molar-refractivity contribution in [2.24, 2.45) is 0 Å². The van der Waals surface area contributed by atoms with E-state index in [1.807, 2.05) is 0 Å². The molecule has 2 aromatic rings. The van der Waals surface area contributed by atoms with E-state index >= 15 is 0 Å². The number of nitrogen functional groups attached to an aromatic ring is 1. The van der Waals surface area contributed by atoms with Gasteiger partial charge in [-0.15, -0.1) is 0 Å². The standard InChI is InChI=1S/C10H15N4O12P3/c11-9-6-1-2-14(10(6)13-5-12-9)7-3-22-8(24-7)4-23-28(18,19)26-29(20,21)25-27(15,16)17/h1-2,5,7-8H,3-4H2,(H,18,19)(H,20,21)(H2,11,12,13)(H2,15,16,17)/t7-,8-/m1/s1. The third kappa shape index (κ3) is 5.89. The van der Waals surface area contributed by atoms with Crippen molar-refractivity contribution in [1.29, 1.82) is 0 Å². The zero-order chi connectivity index (χ0) is 21.4. The summed E-state index contributed by atoms with van der Waals surface area (Å²) in [6, 6.07) is 1.66. The van der Waals surface area contributed by atoms with Crippen LogP contribution in [0, 0.1) is 0 Å². The number of phosphoric ester groups is 1. The van der Waals surface area contributed by atoms with Gasteiger partial charge in [0.1, 0.15) is 24.4 Å². The smallest absolute Gasteiger partial charge is 0.383 e. The van der Waals surface area contributed by atoms with Crippen LogP contribution in [0.2, 0.25) is 0 Å². The molecular formula is C10H15N4O12P3. The van der Waals surface area contributed by atoms with Gasteiger partial charge in [0.25, 0.3) is 0 Å². The lowest BCUT2D eigenvalue weighted by Gasteiger charge is -2.18. The van der Waals surface area contributed by atoms with Gasteiger partial charge in [0.15, 0.2) is 12.5 Å². The van der Waals surface area contributed by atoms with Crippen molar-refractivity contribution >= 4 is 40.3 Å². The Kier molecular flexibility index (Phi) is 6.28. The highest BCUT2D eigenvalue weighted by molar-refractivity contribution is 7.66. The van der Waals surface area contributed by atoms with E-state index in [-0.39, 0.29) is 12.4 Å². The van der Waals surface area contributed by atoms with Gasteiger partial charge < -0.3 is 39.3 Å². The normalized spacial score (nSPS) is 24.4. The number of rotatable bonds is 8. The van der Waals surface area contributed by atoms with E-state index in [1.54, 1.807) is 16.8 Å². The van der Waals surface area contributed by atoms with Crippen LogP contribution in [0.15, 0.2) is 18.6 Å². The first-order valence-electron chi connectivity index (χ1n) is 7.48. The lowest BCUT2D eigenvalue weighted by molar-refractivity contribution is -0.0960. The van der Waals surface area contributed by atoms with E-state index in [4.69, 9.17) is 29.9 Å². The second kappa shape index (κ2) is 8.12. The van der Waals surface area contributed by atoms with E-state index in [1.165, 1.54) is 6.33 Å². The molecule has 0 spiro atoms. The van der Waals surface area contributed by atoms with Crippen LogP contribution in [0.4, 0.5) is 5.82 Å². The van der Waals surface area contributed by atoms with E-state index < -0.39 is 42.6 Å². The van der Waals surface area contributed by atoms with Crippen LogP contribution >= 0.6 is 23.5 Å². The van der Waals surface area contributed by atoms with Crippen molar-refractivity contribution in [2.45, 2.75) is 12.5 Å². The van der Waals surface area contributed by atoms with Gasteiger partial charge in [-0.2, -0.15) is 8.62 Å². The minimum atomic E-state index is -5.59. The molecule has 0 aliphatic carbocycles. The largest absolute Gasteiger partial charge is 0.490 e. The predicted molar refractivity (Wildman–Crippen MR) is 91.6 cm³/mol. The number of ether oxygens (including phenoxy) is 2. The van der Waals surface area contributed by atoms with E-state index in [0.29, 0.717) is 11.0 Å². The monoisotopic (exact) mass is 476 g/mol. The maximum atomic E-state index is 11.7. The summed E-state index contributed by atoms with van der Waals surface area (Å²) in [5, 5.41) is 0.577. The third-order valence-electron chi connectivity index (χ3n) is 3.37. The summed E-state index contributed by atoms with van der Waals surface area (Å²) in [6.07, 6.45) is 1.00. The van der Waals surface area contributed by atoms with Gasteiger partial charge >= 0.3 is 23.5 Å². The molecule has 0 bridgehead atoms. The number of fused-ring (bicyclic) bond motifs is 1. The molecule has 19 heteroatoms. The summed E-state index contributed by atoms with van der Waals surface area (Å²) in [4.78, 5) is 43.4. The van der Waals surface area contributed by atoms with Gasteiger partial charge in [0.05, 0.1) is 12.0 Å². The number of hydrogen-bond acceptors (Lipinski definition) is 11. The topological polar surface area (TPSA) is 235 Å². The number of aromatic nitrogens is 3. The maximum Gasteiger partial charge on any atom is 0.490 e. The molecule has 16 nitrogen and oxygen atoms in total. The second-order valence-corrected chi connectivity index (χ2v) is 9.88. The minimum Gasteiger partial charge on any atom is -0.383 e. The Bertz CT molecular complexity index is 1040. The van der Waals surface area contributed by atoms with Crippen LogP contribution in [0.5, 0.6) is 0 Å². The molecule has 6 N–H and O–H groups in total. The quantitative estimate of drug-likeness (QED) is 0.321. The van der Waals surface area contributed by atoms with Gasteiger partial charge in [-0.1, -0.05) is 0 Å². The fraction of sp³-hybridized carbons (Fsp3) is 0.400. The number of anilines is 1. The van der Waals surface area contributed by atoms with Gasteiger partial charge in [0, 0.05) is 6.20 Å². The molecular weight excluding hydrogens is 461 g/mol. The predicted octanol–water partition coefficient (Wildman–Crippen LogP) is 0.228. The van der Waals surface area contributed by atoms with Crippen LogP contribution < -0.4 is 5.73 Å². The van der Waals surface area contributed by atoms with Crippen LogP contribution in [0.1, 0.15) is 6.23 Å². The van der Waals surface area contributed by atoms with Crippen molar-refractivity contribution in [3.63, 3.8) is 0 Å². The lowest BCUT2D eigenvalue weighted by atomic mass is 10.4. The maximum absolute atomic E-state index is 11.7. The van der Waals surface area contributed by atoms with Gasteiger partial charge in [0.2, 0.25) is 0 Å². The Morgan fingerprint density at radius 3 is 2.59 bits per heavy atom. The highest BCUT2D eigenvalue weighted by atomic mass is 31.3. The fourth-order valence-corrected chi connectivity index (χ4v) is 5.36. The molecule has 29 heavy (non-hydrogen) atoms. The molecule has 3 rings (SSSR count). The second-order valence-electron chi connectivity index (χ2n) is 5.46. The van der Waals surface area contributed by atoms with Crippen LogP contribution in [-0.2, 0) is 36.3 Å². The fourth-order valence-electron chi connectivity index (χ4n) is 2.36. The third-order valence-corrected chi connectivity index (χ3v) is 7.18. The molecule has 0 amide bonds. The summed E-state index contributed by atoms with van der Waals surface area (Å²) in [7, 11) is -16.3. The van der Waals surface area contributed by atoms with Crippen molar-refractivity contribution in [3.8, 4) is 0 Å². The van der Waals surface area contributed by atoms with E-state index in [0.717, 1.165) is 0 Å². The Morgan fingerprint density at radius 2 is 1.90 bits per heavy atom. The Hall–Kier alpha value is -1.25. The van der Waals surface area contributed by atoms with Crippen LogP contribution in [-0.4, -0.2) is 53.6 Å². The van der Waals surface area contributed by atoms with Gasteiger partial charge in [-0.25, -0.2) is 23.7 Å². The highest BCUT2D eigenvalue weighted by Crippen LogP contribution is 2.66. The van der Waals surface area contributed by atoms with E-state index in [9.17, 15) is 18.6 Å². The molecule has 1 saturated heterocycles. The molecule has 2 unspecified atom stereocenters. The van der Waals surface area contributed by atoms with E-state index in [2.05, 4.69) is 23.1 Å². The molecule has 0 radical (unpaired) electrons. The highest BCUT2D eigenvalue weighted by Gasteiger charge is 2.41. The minimum absolute atomic E-state index is 0.00187. The molecule has 0 saturated carbocycles. The zero-order valence-corrected chi connectivity index (χ0v) is 16.8. The molecule has 1 fully saturated rings. The summed E-state index contributed by atoms with van der Waals surface area (Å²) in [5.74, 6) is 0.261. The zero-order valence-electron chi connectivity index (χ0n) is 14.1. The number of phosphoric acid groups is 3. The van der Waals surface area contributed by atoms with Crippen LogP contribution in [0.3, 0.4) is 0 Å². The Balaban J connectivity index is 1.58. The number of nitrogens with two attached hydrogens (primary N) is 1. The molecule has 0 aromatic carbocycles. The molecule has 162 valence electrons. The lowest BCUT2D eigenvalue weighted by Crippen LogP contribution is -2.17. The van der Waals surface area contributed by atoms with Crippen molar-refractivity contribution in [2.75, 3.05) is 18.9 Å². The summed E-state index contributed by atoms with van der Waals surface area (Å²) in [5.41, 5.74) is 6.21. The molecule has 2 aromatic heterocycles. The number of hydrogen-bond donors (Lipinski definition) is 5. The van der Waals surface area contributed by atoms with Gasteiger partial charge in [-0.3, -0.25) is 4.52 Å². The first kappa shape index (κ1) is 22.4. The summed E-state index contributed by atoms with van der Waals surface area (Å²) >= 11 is 0. The Labute approximate surface area is 161 Å². The first-order valence-corrected chi connectivity index (χ1v) is 12.0. The number of nitrogens with zero attached hydrogens (tertiary/aromatic N) is 3. The molecule has 4 atom stereocenters. The summed E-state index contributed by atoms with van der Waals surface area (Å²) in [6.45, 7) is -0.728. The average Bonchev–Trinajstić information content (AvgIpc) is 3.16. The van der Waals surface area contributed by atoms with Crippen LogP contribution in [0.25, 0.3) is 11.0 Å². The molecule has 3 heterocycles. The Morgan fingerprint density at radius 1 is 1.17 bits per heavy atom. The van der Waals surface area contributed by atoms with Crippen molar-refractivity contribution in [3.05, 3.63) is 18.6 Å². The average molecular weight is 476 g/mol. The van der Waals surface area contributed by atoms with Crippen molar-refractivity contribution < 1.29 is 55.9 Å². The van der Waals surface area contributed by atoms with Crippen molar-refractivity contribution in [1.82, 2.24) is 14.5 Å². The molecule has 1 aliphatic heterocycles.